The van der Waals surface area contributed by atoms with Gasteiger partial charge in [0.15, 0.2) is 5.82 Å². The molecule has 39 heavy (non-hydrogen) atoms. The third-order valence-electron chi connectivity index (χ3n) is 6.37. The number of nitrogens with one attached hydrogen (secondary N) is 4. The van der Waals surface area contributed by atoms with Crippen molar-refractivity contribution >= 4 is 27.7 Å². The van der Waals surface area contributed by atoms with Gasteiger partial charge in [-0.1, -0.05) is 82.8 Å². The van der Waals surface area contributed by atoms with Crippen LogP contribution in [0.1, 0.15) is 122 Å². The second-order valence-electron chi connectivity index (χ2n) is 9.93. The van der Waals surface area contributed by atoms with Crippen LogP contribution in [-0.4, -0.2) is 65.6 Å². The van der Waals surface area contributed by atoms with Gasteiger partial charge in [-0.05, 0) is 19.3 Å². The number of unbranched alkanes of at least 4 members (excludes halogenated alkanes) is 12. The molecule has 0 atom stereocenters. The summed E-state index contributed by atoms with van der Waals surface area (Å²) in [5.74, 6) is -0.345. The lowest BCUT2D eigenvalue weighted by atomic mass is 10.0. The van der Waals surface area contributed by atoms with Crippen molar-refractivity contribution in [3.63, 3.8) is 0 Å². The average Bonchev–Trinajstić information content (AvgIpc) is 3.42. The first-order valence-corrected chi connectivity index (χ1v) is 16.3. The maximum Gasteiger partial charge on any atom is 0.234 e. The van der Waals surface area contributed by atoms with E-state index in [-0.39, 0.29) is 36.8 Å². The van der Waals surface area contributed by atoms with Gasteiger partial charge in [0.2, 0.25) is 27.7 Å². The summed E-state index contributed by atoms with van der Waals surface area (Å²) in [6, 6.07) is 0. The molecule has 3 amide bonds. The molecule has 0 aliphatic carbocycles. The summed E-state index contributed by atoms with van der Waals surface area (Å²) in [6.07, 6.45) is 16.5. The van der Waals surface area contributed by atoms with Crippen LogP contribution in [0.4, 0.5) is 0 Å². The first-order chi connectivity index (χ1) is 18.8. The molecule has 0 saturated carbocycles. The minimum atomic E-state index is -3.74. The predicted octanol–water partition coefficient (Wildman–Crippen LogP) is 3.07. The van der Waals surface area contributed by atoms with Gasteiger partial charge in [0.1, 0.15) is 0 Å². The van der Waals surface area contributed by atoms with Crippen LogP contribution in [-0.2, 0) is 30.8 Å². The number of amides is 3. The van der Waals surface area contributed by atoms with Crippen LogP contribution < -0.4 is 15.4 Å². The summed E-state index contributed by atoms with van der Waals surface area (Å²) >= 11 is 0. The van der Waals surface area contributed by atoms with E-state index in [2.05, 4.69) is 36.0 Å². The van der Waals surface area contributed by atoms with E-state index in [0.717, 1.165) is 37.9 Å². The van der Waals surface area contributed by atoms with Crippen LogP contribution in [0, 0.1) is 0 Å². The van der Waals surface area contributed by atoms with Gasteiger partial charge in [-0.2, -0.15) is 5.21 Å². The predicted molar refractivity (Wildman–Crippen MR) is 150 cm³/mol. The Bertz CT molecular complexity index is 895. The summed E-state index contributed by atoms with van der Waals surface area (Å²) in [4.78, 5) is 34.8. The molecule has 1 aromatic rings. The van der Waals surface area contributed by atoms with Crippen LogP contribution in [0.15, 0.2) is 0 Å². The molecule has 0 aliphatic heterocycles. The first kappa shape index (κ1) is 34.5. The summed E-state index contributed by atoms with van der Waals surface area (Å²) in [6.45, 7) is 2.36. The van der Waals surface area contributed by atoms with Gasteiger partial charge in [-0.25, -0.2) is 8.42 Å². The fourth-order valence-corrected chi connectivity index (χ4v) is 5.19. The quantitative estimate of drug-likeness (QED) is 0.129. The molecule has 0 saturated heterocycles. The monoisotopic (exact) mass is 571 g/mol. The second kappa shape index (κ2) is 22.3. The third-order valence-corrected chi connectivity index (χ3v) is 7.73. The van der Waals surface area contributed by atoms with Crippen LogP contribution in [0.3, 0.4) is 0 Å². The lowest BCUT2D eigenvalue weighted by Crippen LogP contribution is -2.35. The second-order valence-corrected chi connectivity index (χ2v) is 11.8. The maximum absolute atomic E-state index is 12.1. The number of carbonyl (C=O) groups excluding carboxylic acids is 3. The number of nitrogens with zero attached hydrogens (tertiary/aromatic N) is 3. The molecule has 4 N–H and O–H groups in total. The van der Waals surface area contributed by atoms with Gasteiger partial charge in [0.05, 0.1) is 5.75 Å². The largest absolute Gasteiger partial charge is 0.354 e. The molecule has 12 nitrogen and oxygen atoms in total. The normalized spacial score (nSPS) is 11.3. The van der Waals surface area contributed by atoms with E-state index < -0.39 is 15.9 Å². The Hall–Kier alpha value is -2.57. The SMILES string of the molecule is CCC(=O)NCCNC(=O)CCCS(=O)(=O)NC(=O)CCCCCCCCCCCCCCCc1nn[nH]n1. The van der Waals surface area contributed by atoms with Crippen LogP contribution in [0.25, 0.3) is 0 Å². The molecule has 0 fully saturated rings. The zero-order valence-electron chi connectivity index (χ0n) is 23.6. The van der Waals surface area contributed by atoms with Crippen molar-refractivity contribution in [1.82, 2.24) is 36.0 Å². The van der Waals surface area contributed by atoms with Crippen LogP contribution in [0.2, 0.25) is 0 Å². The van der Waals surface area contributed by atoms with Crippen molar-refractivity contribution in [3.8, 4) is 0 Å². The minimum Gasteiger partial charge on any atom is -0.354 e. The highest BCUT2D eigenvalue weighted by molar-refractivity contribution is 7.90. The number of tetrazole rings is 1. The summed E-state index contributed by atoms with van der Waals surface area (Å²) in [5.41, 5.74) is 0. The standard InChI is InChI=1S/C26H49N7O5S/c1-2-24(34)27-20-21-28-25(35)19-16-22-39(37,38)31-26(36)18-15-13-11-9-7-5-3-4-6-8-10-12-14-17-23-29-32-33-30-23/h2-22H2,1H3,(H,27,34)(H,28,35)(H,31,36)(H,29,30,32,33). The highest BCUT2D eigenvalue weighted by Crippen LogP contribution is 2.13. The summed E-state index contributed by atoms with van der Waals surface area (Å²) in [5, 5.41) is 19.2. The summed E-state index contributed by atoms with van der Waals surface area (Å²) < 4.78 is 26.2. The Morgan fingerprint density at radius 3 is 1.74 bits per heavy atom. The van der Waals surface area contributed by atoms with E-state index in [9.17, 15) is 22.8 Å². The molecule has 0 radical (unpaired) electrons. The van der Waals surface area contributed by atoms with E-state index in [1.165, 1.54) is 51.4 Å². The average molecular weight is 572 g/mol. The van der Waals surface area contributed by atoms with Gasteiger partial charge in [-0.15, -0.1) is 10.2 Å². The molecular weight excluding hydrogens is 522 g/mol. The Morgan fingerprint density at radius 2 is 1.21 bits per heavy atom. The van der Waals surface area contributed by atoms with Crippen molar-refractivity contribution in [1.29, 1.82) is 0 Å². The number of hydrogen-bond donors (Lipinski definition) is 4. The van der Waals surface area contributed by atoms with Crippen LogP contribution in [0.5, 0.6) is 0 Å². The van der Waals surface area contributed by atoms with Gasteiger partial charge in [-0.3, -0.25) is 19.1 Å². The van der Waals surface area contributed by atoms with Gasteiger partial charge < -0.3 is 10.6 Å². The zero-order valence-corrected chi connectivity index (χ0v) is 24.5. The Labute approximate surface area is 233 Å². The molecule has 1 rings (SSSR count). The van der Waals surface area contributed by atoms with Gasteiger partial charge in [0, 0.05) is 38.8 Å². The van der Waals surface area contributed by atoms with Gasteiger partial charge in [0.25, 0.3) is 0 Å². The molecule has 0 aliphatic rings. The Balaban J connectivity index is 1.88. The van der Waals surface area contributed by atoms with E-state index in [1.807, 2.05) is 0 Å². The molecular formula is C26H49N7O5S. The van der Waals surface area contributed by atoms with E-state index >= 15 is 0 Å². The number of aryl methyl sites for hydroxylation is 1. The lowest BCUT2D eigenvalue weighted by Gasteiger charge is -2.08. The molecule has 0 aromatic carbocycles. The van der Waals surface area contributed by atoms with E-state index in [0.29, 0.717) is 25.9 Å². The molecule has 0 bridgehead atoms. The Kier molecular flexibility index (Phi) is 19.7. The topological polar surface area (TPSA) is 176 Å². The van der Waals surface area contributed by atoms with Crippen LogP contribution >= 0.6 is 0 Å². The number of rotatable bonds is 25. The van der Waals surface area contributed by atoms with Crippen molar-refractivity contribution < 1.29 is 22.8 Å². The smallest absolute Gasteiger partial charge is 0.234 e. The van der Waals surface area contributed by atoms with E-state index in [1.54, 1.807) is 6.92 Å². The number of H-pyrrole nitrogens is 1. The summed E-state index contributed by atoms with van der Waals surface area (Å²) in [7, 11) is -3.74. The minimum absolute atomic E-state index is 0.0420. The molecule has 1 heterocycles. The number of aromatic nitrogens is 4. The molecule has 0 unspecified atom stereocenters. The third kappa shape index (κ3) is 21.0. The fraction of sp³-hybridized carbons (Fsp3) is 0.846. The molecule has 13 heteroatoms. The fourth-order valence-electron chi connectivity index (χ4n) is 4.12. The highest BCUT2D eigenvalue weighted by atomic mass is 32.2. The van der Waals surface area contributed by atoms with Crippen molar-refractivity contribution in [2.75, 3.05) is 18.8 Å². The van der Waals surface area contributed by atoms with Gasteiger partial charge >= 0.3 is 0 Å². The first-order valence-electron chi connectivity index (χ1n) is 14.6. The molecule has 224 valence electrons. The Morgan fingerprint density at radius 1 is 0.692 bits per heavy atom. The zero-order chi connectivity index (χ0) is 28.6. The van der Waals surface area contributed by atoms with Crippen molar-refractivity contribution in [2.24, 2.45) is 0 Å². The highest BCUT2D eigenvalue weighted by Gasteiger charge is 2.15. The lowest BCUT2D eigenvalue weighted by molar-refractivity contribution is -0.122. The van der Waals surface area contributed by atoms with Crippen molar-refractivity contribution in [3.05, 3.63) is 5.82 Å². The number of hydrogen-bond acceptors (Lipinski definition) is 8. The molecule has 1 aromatic heterocycles. The number of aromatic amines is 1. The van der Waals surface area contributed by atoms with E-state index in [4.69, 9.17) is 0 Å². The number of sulfonamides is 1. The maximum atomic E-state index is 12.1. The van der Waals surface area contributed by atoms with Crippen molar-refractivity contribution in [2.45, 2.75) is 122 Å². The molecule has 0 spiro atoms. The number of carbonyl (C=O) groups is 3.